The third-order valence-electron chi connectivity index (χ3n) is 13.9. The van der Waals surface area contributed by atoms with Crippen molar-refractivity contribution in [1.82, 2.24) is 15.3 Å². The van der Waals surface area contributed by atoms with E-state index in [0.29, 0.717) is 55.8 Å². The molecule has 8 rings (SSSR count). The summed E-state index contributed by atoms with van der Waals surface area (Å²) in [7, 11) is 3.35. The van der Waals surface area contributed by atoms with Crippen LogP contribution in [-0.2, 0) is 23.1 Å². The maximum Gasteiger partial charge on any atom is 0.200 e. The van der Waals surface area contributed by atoms with Gasteiger partial charge in [-0.3, -0.25) is 4.79 Å². The highest BCUT2D eigenvalue weighted by atomic mass is 16.5. The molecule has 348 valence electrons. The van der Waals surface area contributed by atoms with E-state index in [4.69, 9.17) is 14.5 Å². The number of benzene rings is 4. The van der Waals surface area contributed by atoms with Crippen LogP contribution in [0.1, 0.15) is 85.7 Å². The Hall–Kier alpha value is -6.28. The highest BCUT2D eigenvalue weighted by Crippen LogP contribution is 2.56. The summed E-state index contributed by atoms with van der Waals surface area (Å²) in [5, 5.41) is 77.1. The summed E-state index contributed by atoms with van der Waals surface area (Å²) < 4.78 is 11.5. The first-order valence-electron chi connectivity index (χ1n) is 22.9. The van der Waals surface area contributed by atoms with Crippen LogP contribution in [0.4, 0.5) is 11.5 Å². The third kappa shape index (κ3) is 9.38. The topological polar surface area (TPSA) is 208 Å². The number of Topliss-reactive ketones (excluding diaryl/α,β-unsaturated/α-hetero) is 1. The van der Waals surface area contributed by atoms with E-state index in [1.165, 1.54) is 13.2 Å². The van der Waals surface area contributed by atoms with Gasteiger partial charge in [0.1, 0.15) is 17.4 Å². The van der Waals surface area contributed by atoms with Crippen molar-refractivity contribution < 1.29 is 44.9 Å². The smallest absolute Gasteiger partial charge is 0.200 e. The van der Waals surface area contributed by atoms with Crippen molar-refractivity contribution in [3.05, 3.63) is 125 Å². The molecule has 3 heterocycles. The summed E-state index contributed by atoms with van der Waals surface area (Å²) in [6, 6.07) is 25.1. The number of aliphatic hydroxyl groups is 2. The first kappa shape index (κ1) is 46.3. The van der Waals surface area contributed by atoms with Crippen LogP contribution in [0.15, 0.2) is 97.3 Å². The van der Waals surface area contributed by atoms with Crippen molar-refractivity contribution in [2.24, 2.45) is 17.8 Å². The van der Waals surface area contributed by atoms with Crippen molar-refractivity contribution in [2.75, 3.05) is 32.6 Å². The molecule has 0 radical (unpaired) electrons. The van der Waals surface area contributed by atoms with Gasteiger partial charge < -0.3 is 55.7 Å². The summed E-state index contributed by atoms with van der Waals surface area (Å²) in [5.74, 6) is -2.32. The minimum atomic E-state index is -1.21. The molecule has 1 aliphatic carbocycles. The Kier molecular flexibility index (Phi) is 13.8. The number of aryl methyl sites for hydroxylation is 1. The minimum absolute atomic E-state index is 0.00823. The number of anilines is 2. The zero-order valence-electron chi connectivity index (χ0n) is 37.9. The van der Waals surface area contributed by atoms with E-state index < -0.39 is 41.1 Å². The molecule has 2 aromatic heterocycles. The number of hydrogen-bond donors (Lipinski definition) is 8. The molecule has 1 aliphatic heterocycles. The Morgan fingerprint density at radius 2 is 1.80 bits per heavy atom. The number of carbonyl (C=O) groups is 1. The van der Waals surface area contributed by atoms with Gasteiger partial charge in [-0.25, -0.2) is 4.98 Å². The quantitative estimate of drug-likeness (QED) is 0.0516. The zero-order valence-corrected chi connectivity index (χ0v) is 37.9. The number of carbonyl (C=O) groups excluding carboxylic acids is 1. The molecule has 2 aliphatic rings. The van der Waals surface area contributed by atoms with Gasteiger partial charge in [0.2, 0.25) is 5.75 Å². The van der Waals surface area contributed by atoms with Crippen LogP contribution >= 0.6 is 0 Å². The van der Waals surface area contributed by atoms with Gasteiger partial charge >= 0.3 is 0 Å². The van der Waals surface area contributed by atoms with E-state index in [-0.39, 0.29) is 60.1 Å². The van der Waals surface area contributed by atoms with Crippen molar-refractivity contribution in [3.8, 4) is 34.5 Å². The predicted molar refractivity (Wildman–Crippen MR) is 253 cm³/mol. The van der Waals surface area contributed by atoms with Gasteiger partial charge in [-0.1, -0.05) is 44.2 Å². The standard InChI is InChI=1S/C53H61N4O9/c1-30(2)29-66-48-25-34(24-46(63)52(48)64)33-21-35(28-54-3)50-39-11-10-38(58)22-32(39)9-12-41(50)57-49-26-36(16-19-56-49)53(17-15-42(59)40(53)27-37-6-5-18-55-37)51(45(62)23-33)44(61)14-8-31-7-13-43(60)47(20-31)65-4/h5-7,9-13,16,18-20,22,24-26,30,33,35,40,42,44,51,54,58-61,63-64H,8,14-15,17,21,23,27-29H2,1-4H3,(H,56,57)/q-1. The Morgan fingerprint density at radius 3 is 2.56 bits per heavy atom. The second kappa shape index (κ2) is 19.7. The lowest BCUT2D eigenvalue weighted by molar-refractivity contribution is -0.132. The van der Waals surface area contributed by atoms with Gasteiger partial charge in [-0.15, -0.1) is 0 Å². The van der Waals surface area contributed by atoms with Crippen molar-refractivity contribution in [3.63, 3.8) is 0 Å². The van der Waals surface area contributed by atoms with Crippen LogP contribution in [0, 0.1) is 17.8 Å². The fourth-order valence-corrected chi connectivity index (χ4v) is 10.9. The molecule has 8 N–H and O–H groups in total. The number of nitrogens with one attached hydrogen (secondary N) is 2. The van der Waals surface area contributed by atoms with E-state index in [9.17, 15) is 30.6 Å². The molecule has 7 atom stereocenters. The lowest BCUT2D eigenvalue weighted by Gasteiger charge is -2.46. The molecule has 4 aromatic carbocycles. The lowest BCUT2D eigenvalue weighted by Crippen LogP contribution is -2.51. The molecular formula is C53H61N4O9-. The molecule has 1 fully saturated rings. The van der Waals surface area contributed by atoms with E-state index in [1.54, 1.807) is 48.8 Å². The number of pyridine rings is 1. The second-order valence-electron chi connectivity index (χ2n) is 18.6. The molecule has 2 bridgehead atoms. The number of aromatic hydroxyl groups is 4. The maximum absolute atomic E-state index is 16.1. The minimum Gasteiger partial charge on any atom is -0.668 e. The van der Waals surface area contributed by atoms with Gasteiger partial charge in [0.25, 0.3) is 0 Å². The monoisotopic (exact) mass is 897 g/mol. The SMILES string of the molecule is CNCC1CC(c2cc(O)c(O)c(OCC(C)C)c2)CC(=O)C(C(O)CCc2ccc(O)c(OC)c2)C2(CCC(O)C2Cc2ccc[n-]2)c2ccnc(c2)Nc2ccc3cc(O)ccc3c21. The van der Waals surface area contributed by atoms with Gasteiger partial charge in [-0.2, -0.15) is 11.9 Å². The fourth-order valence-electron chi connectivity index (χ4n) is 10.9. The number of rotatable bonds is 13. The van der Waals surface area contributed by atoms with Crippen LogP contribution in [0.2, 0.25) is 0 Å². The first-order chi connectivity index (χ1) is 31.8. The van der Waals surface area contributed by atoms with E-state index in [1.807, 2.05) is 63.4 Å². The molecule has 6 aromatic rings. The zero-order chi connectivity index (χ0) is 46.7. The highest BCUT2D eigenvalue weighted by molar-refractivity contribution is 5.93. The van der Waals surface area contributed by atoms with Gasteiger partial charge in [-0.05, 0) is 157 Å². The number of ether oxygens (including phenoxy) is 2. The number of ketones is 1. The second-order valence-corrected chi connectivity index (χ2v) is 18.6. The molecule has 0 saturated heterocycles. The van der Waals surface area contributed by atoms with Crippen LogP contribution < -0.4 is 25.1 Å². The molecular weight excluding hydrogens is 837 g/mol. The number of aliphatic hydroxyl groups excluding tert-OH is 2. The maximum atomic E-state index is 16.1. The summed E-state index contributed by atoms with van der Waals surface area (Å²) >= 11 is 0. The van der Waals surface area contributed by atoms with Gasteiger partial charge in [0.05, 0.1) is 31.8 Å². The number of nitrogens with zero attached hydrogens (tertiary/aromatic N) is 2. The summed E-state index contributed by atoms with van der Waals surface area (Å²) in [4.78, 5) is 25.5. The molecule has 13 heteroatoms. The lowest BCUT2D eigenvalue weighted by atomic mass is 9.58. The Morgan fingerprint density at radius 1 is 0.970 bits per heavy atom. The number of methoxy groups -OCH3 is 1. The largest absolute Gasteiger partial charge is 0.668 e. The fraction of sp³-hybridized carbons (Fsp3) is 0.396. The van der Waals surface area contributed by atoms with Crippen molar-refractivity contribution in [1.29, 1.82) is 0 Å². The molecule has 7 unspecified atom stereocenters. The Balaban J connectivity index is 1.35. The number of fused-ring (bicyclic) bond motifs is 6. The third-order valence-corrected chi connectivity index (χ3v) is 13.9. The van der Waals surface area contributed by atoms with Crippen LogP contribution in [0.3, 0.4) is 0 Å². The normalized spacial score (nSPS) is 22.6. The van der Waals surface area contributed by atoms with Gasteiger partial charge in [0, 0.05) is 30.3 Å². The molecule has 0 amide bonds. The van der Waals surface area contributed by atoms with E-state index in [2.05, 4.69) is 15.6 Å². The van der Waals surface area contributed by atoms with Crippen molar-refractivity contribution >= 4 is 28.1 Å². The van der Waals surface area contributed by atoms with Crippen LogP contribution in [-0.4, -0.2) is 80.9 Å². The van der Waals surface area contributed by atoms with Crippen molar-refractivity contribution in [2.45, 2.75) is 88.3 Å². The van der Waals surface area contributed by atoms with Crippen LogP contribution in [0.5, 0.6) is 34.5 Å². The van der Waals surface area contributed by atoms with Gasteiger partial charge in [0.15, 0.2) is 23.0 Å². The highest BCUT2D eigenvalue weighted by Gasteiger charge is 2.57. The molecule has 1 spiro atoms. The number of aromatic nitrogens is 2. The van der Waals surface area contributed by atoms with E-state index in [0.717, 1.165) is 38.8 Å². The number of likely N-dealkylation sites (N-methyl/N-ethyl adjacent to an activating group) is 1. The Bertz CT molecular complexity index is 2650. The average molecular weight is 898 g/mol. The summed E-state index contributed by atoms with van der Waals surface area (Å²) in [5.41, 5.74) is 3.47. The number of phenolic OH excluding ortho intramolecular Hbond substituents is 4. The molecule has 1 saturated carbocycles. The number of phenols is 4. The predicted octanol–water partition coefficient (Wildman–Crippen LogP) is 8.11. The summed E-state index contributed by atoms with van der Waals surface area (Å²) in [6.45, 7) is 4.72. The molecule has 66 heavy (non-hydrogen) atoms. The first-order valence-corrected chi connectivity index (χ1v) is 22.9. The van der Waals surface area contributed by atoms with E-state index >= 15 is 4.79 Å². The molecule has 13 nitrogen and oxygen atoms in total. The summed E-state index contributed by atoms with van der Waals surface area (Å²) in [6.07, 6.45) is 3.30. The Labute approximate surface area is 385 Å². The average Bonchev–Trinajstić information content (AvgIpc) is 3.94. The van der Waals surface area contributed by atoms with Crippen LogP contribution in [0.25, 0.3) is 10.8 Å². The number of hydrogen-bond acceptors (Lipinski definition) is 12.